The summed E-state index contributed by atoms with van der Waals surface area (Å²) in [4.78, 5) is 19.0. The summed E-state index contributed by atoms with van der Waals surface area (Å²) in [6.45, 7) is 16.3. The summed E-state index contributed by atoms with van der Waals surface area (Å²) < 4.78 is 6.02. The third-order valence-corrected chi connectivity index (χ3v) is 9.20. The van der Waals surface area contributed by atoms with E-state index in [0.717, 1.165) is 83.9 Å². The summed E-state index contributed by atoms with van der Waals surface area (Å²) >= 11 is 1.41. The van der Waals surface area contributed by atoms with Gasteiger partial charge in [-0.15, -0.1) is 5.92 Å². The molecule has 234 valence electrons. The van der Waals surface area contributed by atoms with E-state index < -0.39 is 0 Å². The van der Waals surface area contributed by atoms with Crippen LogP contribution >= 0.6 is 11.3 Å². The molecule has 0 bridgehead atoms. The van der Waals surface area contributed by atoms with E-state index in [2.05, 4.69) is 93.5 Å². The van der Waals surface area contributed by atoms with Crippen LogP contribution in [0.1, 0.15) is 102 Å². The second kappa shape index (κ2) is 15.5. The number of anilines is 1. The zero-order valence-corrected chi connectivity index (χ0v) is 28.5. The average Bonchev–Trinajstić information content (AvgIpc) is 3.39. The molecule has 0 saturated heterocycles. The minimum atomic E-state index is 0.392. The van der Waals surface area contributed by atoms with Crippen LogP contribution in [0.4, 0.5) is 5.13 Å². The standard InChI is InChI=1S/C20H25N3OS.C17H24N2/c1-4-13(3)8-9-24-18-7-6-15(10-14(18)5-2)16-11-17-19(22-12-16)25-20(21)23-17;1-5-6-7-8-9-16-18-13(2)14-12-17(3,4)11-10-15(14)19-16/h6-7,10-13H,4-5,8-9H2,1-3H3,(H2,21,23);5-6,9-12H2,1-4H3. The van der Waals surface area contributed by atoms with Gasteiger partial charge in [-0.1, -0.05) is 71.3 Å². The molecule has 7 heteroatoms. The molecule has 44 heavy (non-hydrogen) atoms. The summed E-state index contributed by atoms with van der Waals surface area (Å²) in [5.74, 6) is 8.94. The molecule has 1 aromatic carbocycles. The Morgan fingerprint density at radius 2 is 1.89 bits per heavy atom. The predicted molar refractivity (Wildman–Crippen MR) is 185 cm³/mol. The van der Waals surface area contributed by atoms with Crippen LogP contribution in [0.25, 0.3) is 21.5 Å². The molecule has 6 nitrogen and oxygen atoms in total. The van der Waals surface area contributed by atoms with Crippen molar-refractivity contribution in [3.63, 3.8) is 0 Å². The van der Waals surface area contributed by atoms with Crippen LogP contribution in [-0.4, -0.2) is 26.5 Å². The van der Waals surface area contributed by atoms with E-state index in [9.17, 15) is 0 Å². The third-order valence-electron chi connectivity index (χ3n) is 8.39. The maximum absolute atomic E-state index is 6.02. The first-order chi connectivity index (χ1) is 21.1. The van der Waals surface area contributed by atoms with Gasteiger partial charge in [-0.3, -0.25) is 0 Å². The van der Waals surface area contributed by atoms with Crippen LogP contribution in [0.3, 0.4) is 0 Å². The third kappa shape index (κ3) is 9.01. The first-order valence-electron chi connectivity index (χ1n) is 16.2. The van der Waals surface area contributed by atoms with Crippen molar-refractivity contribution in [2.45, 2.75) is 106 Å². The Bertz CT molecular complexity index is 1610. The molecule has 4 aromatic rings. The van der Waals surface area contributed by atoms with Gasteiger partial charge in [0.2, 0.25) is 0 Å². The predicted octanol–water partition coefficient (Wildman–Crippen LogP) is 8.96. The van der Waals surface area contributed by atoms with Crippen LogP contribution in [0.5, 0.6) is 5.75 Å². The van der Waals surface area contributed by atoms with Crippen molar-refractivity contribution in [3.05, 3.63) is 58.8 Å². The Morgan fingerprint density at radius 1 is 1.07 bits per heavy atom. The van der Waals surface area contributed by atoms with Gasteiger partial charge in [-0.05, 0) is 91.7 Å². The zero-order chi connectivity index (χ0) is 31.7. The highest BCUT2D eigenvalue weighted by atomic mass is 32.1. The van der Waals surface area contributed by atoms with E-state index in [4.69, 9.17) is 15.5 Å². The number of fused-ring (bicyclic) bond motifs is 2. The van der Waals surface area contributed by atoms with Crippen LogP contribution in [0.2, 0.25) is 0 Å². The molecular formula is C37H49N5OS. The molecule has 0 amide bonds. The average molecular weight is 612 g/mol. The SMILES string of the molecule is CCCC#CCc1nc(C)c2c(n1)CCC(C)(C)C2.CCc1cc(-c2cnc3sc(N)nc3c2)ccc1OCCC(C)CC. The fourth-order valence-electron chi connectivity index (χ4n) is 5.36. The molecule has 1 atom stereocenters. The smallest absolute Gasteiger partial charge is 0.182 e. The summed E-state index contributed by atoms with van der Waals surface area (Å²) in [6.07, 6.45) is 11.3. The van der Waals surface area contributed by atoms with Crippen molar-refractivity contribution in [3.8, 4) is 28.7 Å². The van der Waals surface area contributed by atoms with Crippen LogP contribution in [-0.2, 0) is 25.7 Å². The van der Waals surface area contributed by atoms with Crippen molar-refractivity contribution >= 4 is 26.8 Å². The molecule has 0 spiro atoms. The van der Waals surface area contributed by atoms with Crippen molar-refractivity contribution in [2.24, 2.45) is 11.3 Å². The van der Waals surface area contributed by atoms with Gasteiger partial charge in [0.25, 0.3) is 0 Å². The molecule has 1 aliphatic rings. The van der Waals surface area contributed by atoms with Gasteiger partial charge in [0.1, 0.15) is 21.9 Å². The second-order valence-corrected chi connectivity index (χ2v) is 13.7. The lowest BCUT2D eigenvalue weighted by Gasteiger charge is -2.31. The fourth-order valence-corrected chi connectivity index (χ4v) is 6.02. The lowest BCUT2D eigenvalue weighted by atomic mass is 9.75. The Balaban J connectivity index is 0.000000209. The Hall–Kier alpha value is -3.50. The van der Waals surface area contributed by atoms with Gasteiger partial charge < -0.3 is 10.5 Å². The largest absolute Gasteiger partial charge is 0.493 e. The van der Waals surface area contributed by atoms with Crippen LogP contribution in [0, 0.1) is 30.1 Å². The summed E-state index contributed by atoms with van der Waals surface area (Å²) in [7, 11) is 0. The number of aromatic nitrogens is 4. The summed E-state index contributed by atoms with van der Waals surface area (Å²) in [5, 5.41) is 0.555. The number of aryl methyl sites for hydroxylation is 3. The fraction of sp³-hybridized carbons (Fsp3) is 0.514. The molecule has 0 saturated carbocycles. The van der Waals surface area contributed by atoms with E-state index in [-0.39, 0.29) is 0 Å². The normalized spacial score (nSPS) is 14.2. The number of benzene rings is 1. The maximum atomic E-state index is 6.02. The first kappa shape index (κ1) is 33.4. The van der Waals surface area contributed by atoms with Gasteiger partial charge in [0.05, 0.1) is 13.0 Å². The molecule has 2 N–H and O–H groups in total. The Morgan fingerprint density at radius 3 is 2.64 bits per heavy atom. The van der Waals surface area contributed by atoms with Crippen molar-refractivity contribution in [2.75, 3.05) is 12.3 Å². The molecule has 3 heterocycles. The van der Waals surface area contributed by atoms with Crippen LogP contribution < -0.4 is 10.5 Å². The lowest BCUT2D eigenvalue weighted by molar-refractivity contribution is 0.279. The monoisotopic (exact) mass is 611 g/mol. The number of thiazole rings is 1. The highest BCUT2D eigenvalue weighted by molar-refractivity contribution is 7.21. The molecule has 1 aliphatic carbocycles. The van der Waals surface area contributed by atoms with Gasteiger partial charge in [0.15, 0.2) is 5.13 Å². The Kier molecular flexibility index (Phi) is 11.7. The number of rotatable bonds is 9. The van der Waals surface area contributed by atoms with Gasteiger partial charge in [-0.2, -0.15) is 0 Å². The van der Waals surface area contributed by atoms with Gasteiger partial charge in [0, 0.05) is 29.6 Å². The minimum absolute atomic E-state index is 0.392. The molecule has 0 radical (unpaired) electrons. The number of hydrogen-bond acceptors (Lipinski definition) is 7. The first-order valence-corrected chi connectivity index (χ1v) is 17.0. The van der Waals surface area contributed by atoms with E-state index in [0.29, 0.717) is 22.9 Å². The van der Waals surface area contributed by atoms with E-state index in [1.807, 2.05) is 12.3 Å². The molecule has 3 aromatic heterocycles. The van der Waals surface area contributed by atoms with E-state index in [1.54, 1.807) is 0 Å². The quantitative estimate of drug-likeness (QED) is 0.190. The van der Waals surface area contributed by atoms with Gasteiger partial charge >= 0.3 is 0 Å². The van der Waals surface area contributed by atoms with E-state index in [1.165, 1.54) is 41.0 Å². The number of nitrogen functional groups attached to an aromatic ring is 1. The number of nitrogens with zero attached hydrogens (tertiary/aromatic N) is 4. The highest BCUT2D eigenvalue weighted by Crippen LogP contribution is 2.35. The molecule has 1 unspecified atom stereocenters. The highest BCUT2D eigenvalue weighted by Gasteiger charge is 2.28. The summed E-state index contributed by atoms with van der Waals surface area (Å²) in [5.41, 5.74) is 14.2. The second-order valence-electron chi connectivity index (χ2n) is 12.7. The zero-order valence-electron chi connectivity index (χ0n) is 27.7. The molecule has 5 rings (SSSR count). The molecule has 0 fully saturated rings. The number of hydrogen-bond donors (Lipinski definition) is 1. The van der Waals surface area contributed by atoms with Gasteiger partial charge in [-0.25, -0.2) is 19.9 Å². The summed E-state index contributed by atoms with van der Waals surface area (Å²) in [6, 6.07) is 8.41. The number of pyridine rings is 1. The van der Waals surface area contributed by atoms with Crippen molar-refractivity contribution < 1.29 is 4.74 Å². The Labute approximate surface area is 268 Å². The van der Waals surface area contributed by atoms with Crippen LogP contribution in [0.15, 0.2) is 30.5 Å². The maximum Gasteiger partial charge on any atom is 0.182 e. The minimum Gasteiger partial charge on any atom is -0.493 e. The molecule has 0 aliphatic heterocycles. The van der Waals surface area contributed by atoms with E-state index >= 15 is 0 Å². The number of unbranched alkanes of at least 4 members (excludes halogenated alkanes) is 1. The lowest BCUT2D eigenvalue weighted by Crippen LogP contribution is -2.25. The number of ether oxygens (including phenoxy) is 1. The van der Waals surface area contributed by atoms with Crippen molar-refractivity contribution in [1.29, 1.82) is 0 Å². The molecular weight excluding hydrogens is 563 g/mol. The van der Waals surface area contributed by atoms with Crippen molar-refractivity contribution in [1.82, 2.24) is 19.9 Å². The topological polar surface area (TPSA) is 86.8 Å². The number of nitrogens with two attached hydrogens (primary N) is 1.